The molecule has 1 saturated carbocycles. The van der Waals surface area contributed by atoms with E-state index >= 15 is 0 Å². The van der Waals surface area contributed by atoms with Crippen molar-refractivity contribution in [1.29, 1.82) is 0 Å². The molecule has 0 bridgehead atoms. The Morgan fingerprint density at radius 3 is 2.35 bits per heavy atom. The van der Waals surface area contributed by atoms with Gasteiger partial charge >= 0.3 is 0 Å². The molecule has 0 atom stereocenters. The van der Waals surface area contributed by atoms with Gasteiger partial charge in [-0.25, -0.2) is 0 Å². The average Bonchev–Trinajstić information content (AvgIpc) is 2.95. The van der Waals surface area contributed by atoms with Crippen LogP contribution in [0.4, 0.5) is 0 Å². The lowest BCUT2D eigenvalue weighted by Crippen LogP contribution is -2.27. The van der Waals surface area contributed by atoms with Crippen LogP contribution in [0.15, 0.2) is 48.5 Å². The van der Waals surface area contributed by atoms with Crippen LogP contribution in [-0.4, -0.2) is 12.6 Å². The van der Waals surface area contributed by atoms with E-state index in [4.69, 9.17) is 9.47 Å². The fourth-order valence-electron chi connectivity index (χ4n) is 3.53. The molecule has 0 heterocycles. The van der Waals surface area contributed by atoms with Crippen LogP contribution in [0, 0.1) is 0 Å². The van der Waals surface area contributed by atoms with Gasteiger partial charge in [0, 0.05) is 12.6 Å². The number of nitrogens with one attached hydrogen (secondary N) is 1. The summed E-state index contributed by atoms with van der Waals surface area (Å²) in [5.41, 5.74) is 2.42. The van der Waals surface area contributed by atoms with Crippen molar-refractivity contribution in [3.05, 3.63) is 59.7 Å². The fraction of sp³-hybridized carbons (Fsp3) is 0.478. The minimum Gasteiger partial charge on any atom is -0.490 e. The SMILES string of the molecule is CCOc1cc(CNC2CCCCCC2)ccc1OCc1ccccc1. The molecule has 2 aromatic carbocycles. The first-order valence-corrected chi connectivity index (χ1v) is 10.0. The zero-order valence-corrected chi connectivity index (χ0v) is 15.9. The molecule has 3 heteroatoms. The van der Waals surface area contributed by atoms with E-state index in [0.29, 0.717) is 19.3 Å². The summed E-state index contributed by atoms with van der Waals surface area (Å²) in [6, 6.07) is 17.2. The van der Waals surface area contributed by atoms with Crippen LogP contribution in [0.3, 0.4) is 0 Å². The summed E-state index contributed by atoms with van der Waals surface area (Å²) in [5, 5.41) is 3.73. The normalized spacial score (nSPS) is 15.4. The maximum atomic E-state index is 6.00. The molecule has 0 saturated heterocycles. The van der Waals surface area contributed by atoms with E-state index in [2.05, 4.69) is 29.6 Å². The Morgan fingerprint density at radius 2 is 1.62 bits per heavy atom. The molecule has 26 heavy (non-hydrogen) atoms. The van der Waals surface area contributed by atoms with Crippen LogP contribution in [0.1, 0.15) is 56.6 Å². The van der Waals surface area contributed by atoms with Gasteiger partial charge in [0.15, 0.2) is 11.5 Å². The molecule has 0 amide bonds. The maximum Gasteiger partial charge on any atom is 0.161 e. The molecule has 0 radical (unpaired) electrons. The van der Waals surface area contributed by atoms with E-state index in [1.807, 2.05) is 31.2 Å². The third kappa shape index (κ3) is 5.77. The average molecular weight is 354 g/mol. The number of benzene rings is 2. The van der Waals surface area contributed by atoms with Crippen LogP contribution >= 0.6 is 0 Å². The number of rotatable bonds is 8. The topological polar surface area (TPSA) is 30.5 Å². The van der Waals surface area contributed by atoms with Crippen molar-refractivity contribution in [2.45, 2.75) is 64.6 Å². The van der Waals surface area contributed by atoms with Crippen molar-refractivity contribution < 1.29 is 9.47 Å². The predicted octanol–water partition coefficient (Wildman–Crippen LogP) is 5.48. The number of hydrogen-bond donors (Lipinski definition) is 1. The second-order valence-electron chi connectivity index (χ2n) is 7.06. The smallest absolute Gasteiger partial charge is 0.161 e. The van der Waals surface area contributed by atoms with Gasteiger partial charge in [0.25, 0.3) is 0 Å². The summed E-state index contributed by atoms with van der Waals surface area (Å²) < 4.78 is 11.8. The molecular formula is C23H31NO2. The molecule has 1 aliphatic carbocycles. The Morgan fingerprint density at radius 1 is 0.846 bits per heavy atom. The molecule has 1 fully saturated rings. The molecule has 0 aliphatic heterocycles. The third-order valence-electron chi connectivity index (χ3n) is 5.00. The van der Waals surface area contributed by atoms with Crippen LogP contribution < -0.4 is 14.8 Å². The highest BCUT2D eigenvalue weighted by molar-refractivity contribution is 5.43. The van der Waals surface area contributed by atoms with Gasteiger partial charge < -0.3 is 14.8 Å². The van der Waals surface area contributed by atoms with Gasteiger partial charge in [-0.15, -0.1) is 0 Å². The van der Waals surface area contributed by atoms with Crippen molar-refractivity contribution in [2.24, 2.45) is 0 Å². The lowest BCUT2D eigenvalue weighted by molar-refractivity contribution is 0.269. The van der Waals surface area contributed by atoms with Gasteiger partial charge in [-0.3, -0.25) is 0 Å². The standard InChI is InChI=1S/C23H31NO2/c1-2-25-23-16-20(17-24-21-12-8-3-4-9-13-21)14-15-22(23)26-18-19-10-6-5-7-11-19/h5-7,10-11,14-16,21,24H,2-4,8-9,12-13,17-18H2,1H3. The highest BCUT2D eigenvalue weighted by Gasteiger charge is 2.12. The zero-order valence-electron chi connectivity index (χ0n) is 15.9. The first-order chi connectivity index (χ1) is 12.8. The van der Waals surface area contributed by atoms with Crippen molar-refractivity contribution >= 4 is 0 Å². The van der Waals surface area contributed by atoms with Gasteiger partial charge in [0.05, 0.1) is 6.61 Å². The third-order valence-corrected chi connectivity index (χ3v) is 5.00. The highest BCUT2D eigenvalue weighted by Crippen LogP contribution is 2.29. The Bertz CT molecular complexity index is 649. The van der Waals surface area contributed by atoms with Crippen molar-refractivity contribution in [3.63, 3.8) is 0 Å². The molecule has 1 aliphatic rings. The van der Waals surface area contributed by atoms with Gasteiger partial charge in [-0.1, -0.05) is 62.1 Å². The first-order valence-electron chi connectivity index (χ1n) is 10.0. The Hall–Kier alpha value is -2.00. The predicted molar refractivity (Wildman–Crippen MR) is 107 cm³/mol. The molecule has 0 spiro atoms. The summed E-state index contributed by atoms with van der Waals surface area (Å²) in [4.78, 5) is 0. The van der Waals surface area contributed by atoms with Crippen LogP contribution in [0.25, 0.3) is 0 Å². The minimum absolute atomic E-state index is 0.556. The largest absolute Gasteiger partial charge is 0.490 e. The molecule has 1 N–H and O–H groups in total. The number of ether oxygens (including phenoxy) is 2. The van der Waals surface area contributed by atoms with Gasteiger partial charge in [0.2, 0.25) is 0 Å². The van der Waals surface area contributed by atoms with E-state index in [1.165, 1.54) is 44.1 Å². The first kappa shape index (κ1) is 18.8. The Kier molecular flexibility index (Phi) is 7.38. The zero-order chi connectivity index (χ0) is 18.0. The van der Waals surface area contributed by atoms with E-state index in [1.54, 1.807) is 0 Å². The quantitative estimate of drug-likeness (QED) is 0.638. The summed E-state index contributed by atoms with van der Waals surface area (Å²) in [6.45, 7) is 4.10. The second kappa shape index (κ2) is 10.2. The molecular weight excluding hydrogens is 322 g/mol. The van der Waals surface area contributed by atoms with Crippen LogP contribution in [-0.2, 0) is 13.2 Å². The molecule has 3 nitrogen and oxygen atoms in total. The van der Waals surface area contributed by atoms with E-state index in [-0.39, 0.29) is 0 Å². The van der Waals surface area contributed by atoms with Gasteiger partial charge in [-0.05, 0) is 43.0 Å². The lowest BCUT2D eigenvalue weighted by Gasteiger charge is -2.17. The Labute approximate surface area is 157 Å². The Balaban J connectivity index is 1.60. The number of hydrogen-bond acceptors (Lipinski definition) is 3. The minimum atomic E-state index is 0.556. The van der Waals surface area contributed by atoms with Crippen LogP contribution in [0.2, 0.25) is 0 Å². The van der Waals surface area contributed by atoms with E-state index in [0.717, 1.165) is 23.6 Å². The molecule has 2 aromatic rings. The second-order valence-corrected chi connectivity index (χ2v) is 7.06. The molecule has 140 valence electrons. The van der Waals surface area contributed by atoms with Gasteiger partial charge in [-0.2, -0.15) is 0 Å². The summed E-state index contributed by atoms with van der Waals surface area (Å²) >= 11 is 0. The van der Waals surface area contributed by atoms with Crippen molar-refractivity contribution in [2.75, 3.05) is 6.61 Å². The van der Waals surface area contributed by atoms with Crippen molar-refractivity contribution in [1.82, 2.24) is 5.32 Å². The van der Waals surface area contributed by atoms with Crippen LogP contribution in [0.5, 0.6) is 11.5 Å². The summed E-state index contributed by atoms with van der Waals surface area (Å²) in [5.74, 6) is 1.65. The van der Waals surface area contributed by atoms with E-state index in [9.17, 15) is 0 Å². The molecule has 0 unspecified atom stereocenters. The highest BCUT2D eigenvalue weighted by atomic mass is 16.5. The molecule has 0 aromatic heterocycles. The van der Waals surface area contributed by atoms with Gasteiger partial charge in [0.1, 0.15) is 6.61 Å². The maximum absolute atomic E-state index is 6.00. The molecule has 3 rings (SSSR count). The fourth-order valence-corrected chi connectivity index (χ4v) is 3.53. The summed E-state index contributed by atoms with van der Waals surface area (Å²) in [7, 11) is 0. The lowest BCUT2D eigenvalue weighted by atomic mass is 10.1. The summed E-state index contributed by atoms with van der Waals surface area (Å²) in [6.07, 6.45) is 8.09. The van der Waals surface area contributed by atoms with E-state index < -0.39 is 0 Å². The monoisotopic (exact) mass is 353 g/mol. The van der Waals surface area contributed by atoms with Crippen molar-refractivity contribution in [3.8, 4) is 11.5 Å².